The average Bonchev–Trinajstić information content (AvgIpc) is 3.01. The van der Waals surface area contributed by atoms with Gasteiger partial charge in [0.25, 0.3) is 0 Å². The Hall–Kier alpha value is -0.410. The molecule has 0 aromatic rings. The van der Waals surface area contributed by atoms with Gasteiger partial charge in [-0.1, -0.05) is 0 Å². The summed E-state index contributed by atoms with van der Waals surface area (Å²) < 4.78 is 5.48. The number of hydrogen-bond donors (Lipinski definition) is 1. The molecule has 2 unspecified atom stereocenters. The van der Waals surface area contributed by atoms with Crippen LogP contribution in [0.3, 0.4) is 0 Å². The quantitative estimate of drug-likeness (QED) is 0.757. The molecule has 3 heteroatoms. The number of ketones is 1. The molecule has 0 aromatic carbocycles. The zero-order valence-corrected chi connectivity index (χ0v) is 9.08. The first-order valence-electron chi connectivity index (χ1n) is 6.18. The van der Waals surface area contributed by atoms with E-state index in [-0.39, 0.29) is 0 Å². The van der Waals surface area contributed by atoms with Gasteiger partial charge in [0.05, 0.1) is 13.2 Å². The van der Waals surface area contributed by atoms with Gasteiger partial charge >= 0.3 is 0 Å². The molecule has 2 saturated heterocycles. The normalized spacial score (nSPS) is 40.1. The molecule has 1 aliphatic carbocycles. The lowest BCUT2D eigenvalue weighted by molar-refractivity contribution is -0.126. The standard InChI is InChI=1S/C12H19NO2/c14-12(3-8-1-2-8)9-4-10-6-15-7-11(5-9)13-10/h8-11,13H,1-7H2. The minimum Gasteiger partial charge on any atom is -0.378 e. The summed E-state index contributed by atoms with van der Waals surface area (Å²) in [5.41, 5.74) is 0. The fourth-order valence-electron chi connectivity index (χ4n) is 2.87. The second kappa shape index (κ2) is 3.87. The molecule has 3 nitrogen and oxygen atoms in total. The van der Waals surface area contributed by atoms with E-state index < -0.39 is 0 Å². The number of hydrogen-bond acceptors (Lipinski definition) is 3. The van der Waals surface area contributed by atoms with Crippen LogP contribution in [0.15, 0.2) is 0 Å². The summed E-state index contributed by atoms with van der Waals surface area (Å²) >= 11 is 0. The van der Waals surface area contributed by atoms with Gasteiger partial charge in [-0.25, -0.2) is 0 Å². The highest BCUT2D eigenvalue weighted by Crippen LogP contribution is 2.35. The number of piperidine rings is 1. The van der Waals surface area contributed by atoms with E-state index >= 15 is 0 Å². The lowest BCUT2D eigenvalue weighted by Gasteiger charge is -2.39. The van der Waals surface area contributed by atoms with Crippen molar-refractivity contribution in [2.45, 2.75) is 44.2 Å². The highest BCUT2D eigenvalue weighted by Gasteiger charge is 2.36. The van der Waals surface area contributed by atoms with Crippen molar-refractivity contribution in [2.24, 2.45) is 11.8 Å². The van der Waals surface area contributed by atoms with Crippen molar-refractivity contribution in [3.63, 3.8) is 0 Å². The number of carbonyl (C=O) groups excluding carboxylic acids is 1. The SMILES string of the molecule is O=C(CC1CC1)C1CC2COCC(C1)N2. The molecule has 15 heavy (non-hydrogen) atoms. The monoisotopic (exact) mass is 209 g/mol. The van der Waals surface area contributed by atoms with E-state index in [9.17, 15) is 4.79 Å². The molecular formula is C12H19NO2. The molecule has 2 heterocycles. The van der Waals surface area contributed by atoms with Crippen LogP contribution in [0.1, 0.15) is 32.1 Å². The number of morpholine rings is 1. The average molecular weight is 209 g/mol. The predicted molar refractivity (Wildman–Crippen MR) is 56.6 cm³/mol. The molecule has 3 fully saturated rings. The van der Waals surface area contributed by atoms with Gasteiger partial charge < -0.3 is 10.1 Å². The first kappa shape index (κ1) is 9.79. The van der Waals surface area contributed by atoms with Gasteiger partial charge in [-0.15, -0.1) is 0 Å². The van der Waals surface area contributed by atoms with E-state index in [0.717, 1.165) is 38.4 Å². The van der Waals surface area contributed by atoms with Gasteiger partial charge in [0.2, 0.25) is 0 Å². The van der Waals surface area contributed by atoms with Gasteiger partial charge in [0.1, 0.15) is 5.78 Å². The van der Waals surface area contributed by atoms with E-state index in [1.165, 1.54) is 12.8 Å². The van der Waals surface area contributed by atoms with E-state index in [1.54, 1.807) is 0 Å². The first-order valence-corrected chi connectivity index (χ1v) is 6.18. The fraction of sp³-hybridized carbons (Fsp3) is 0.917. The maximum absolute atomic E-state index is 12.0. The van der Waals surface area contributed by atoms with Crippen molar-refractivity contribution in [2.75, 3.05) is 13.2 Å². The van der Waals surface area contributed by atoms with Gasteiger partial charge in [-0.05, 0) is 31.6 Å². The maximum atomic E-state index is 12.0. The van der Waals surface area contributed by atoms with E-state index in [2.05, 4.69) is 5.32 Å². The molecule has 0 amide bonds. The Morgan fingerprint density at radius 1 is 1.20 bits per heavy atom. The molecule has 0 aromatic heterocycles. The van der Waals surface area contributed by atoms with Crippen molar-refractivity contribution in [3.05, 3.63) is 0 Å². The molecular weight excluding hydrogens is 190 g/mol. The van der Waals surface area contributed by atoms with Crippen LogP contribution in [0.4, 0.5) is 0 Å². The zero-order valence-electron chi connectivity index (χ0n) is 9.08. The molecule has 84 valence electrons. The van der Waals surface area contributed by atoms with Crippen molar-refractivity contribution in [3.8, 4) is 0 Å². The largest absolute Gasteiger partial charge is 0.378 e. The van der Waals surface area contributed by atoms with Crippen LogP contribution < -0.4 is 5.32 Å². The summed E-state index contributed by atoms with van der Waals surface area (Å²) in [6.45, 7) is 1.59. The van der Waals surface area contributed by atoms with E-state index in [0.29, 0.717) is 23.8 Å². The number of nitrogens with one attached hydrogen (secondary N) is 1. The summed E-state index contributed by atoms with van der Waals surface area (Å²) in [4.78, 5) is 12.0. The van der Waals surface area contributed by atoms with Gasteiger partial charge in [-0.3, -0.25) is 4.79 Å². The molecule has 2 bridgehead atoms. The lowest BCUT2D eigenvalue weighted by atomic mass is 9.83. The second-order valence-corrected chi connectivity index (χ2v) is 5.38. The van der Waals surface area contributed by atoms with Crippen molar-refractivity contribution in [1.29, 1.82) is 0 Å². The molecule has 1 saturated carbocycles. The third-order valence-electron chi connectivity index (χ3n) is 3.89. The lowest BCUT2D eigenvalue weighted by Crippen LogP contribution is -2.55. The second-order valence-electron chi connectivity index (χ2n) is 5.38. The van der Waals surface area contributed by atoms with E-state index in [1.807, 2.05) is 0 Å². The fourth-order valence-corrected chi connectivity index (χ4v) is 2.87. The molecule has 2 atom stereocenters. The predicted octanol–water partition coefficient (Wildman–Crippen LogP) is 1.12. The summed E-state index contributed by atoms with van der Waals surface area (Å²) in [5, 5.41) is 3.53. The van der Waals surface area contributed by atoms with Crippen LogP contribution in [-0.2, 0) is 9.53 Å². The molecule has 3 rings (SSSR count). The van der Waals surface area contributed by atoms with Crippen LogP contribution in [0.25, 0.3) is 0 Å². The first-order chi connectivity index (χ1) is 7.31. The molecule has 1 N–H and O–H groups in total. The summed E-state index contributed by atoms with van der Waals surface area (Å²) in [5.74, 6) is 1.59. The van der Waals surface area contributed by atoms with Crippen LogP contribution >= 0.6 is 0 Å². The molecule has 0 spiro atoms. The molecule has 3 aliphatic rings. The Morgan fingerprint density at radius 3 is 2.47 bits per heavy atom. The topological polar surface area (TPSA) is 38.3 Å². The Bertz CT molecular complexity index is 250. The Morgan fingerprint density at radius 2 is 1.87 bits per heavy atom. The van der Waals surface area contributed by atoms with Crippen molar-refractivity contribution < 1.29 is 9.53 Å². The van der Waals surface area contributed by atoms with Gasteiger partial charge in [0, 0.05) is 24.4 Å². The number of ether oxygens (including phenoxy) is 1. The van der Waals surface area contributed by atoms with Crippen molar-refractivity contribution >= 4 is 5.78 Å². The minimum absolute atomic E-state index is 0.325. The maximum Gasteiger partial charge on any atom is 0.136 e. The number of rotatable bonds is 3. The van der Waals surface area contributed by atoms with Crippen LogP contribution in [0.5, 0.6) is 0 Å². The Kier molecular flexibility index (Phi) is 2.53. The zero-order chi connectivity index (χ0) is 10.3. The van der Waals surface area contributed by atoms with Crippen LogP contribution in [0, 0.1) is 11.8 Å². The van der Waals surface area contributed by atoms with E-state index in [4.69, 9.17) is 4.74 Å². The van der Waals surface area contributed by atoms with Crippen LogP contribution in [0.2, 0.25) is 0 Å². The summed E-state index contributed by atoms with van der Waals surface area (Å²) in [6, 6.07) is 0.872. The summed E-state index contributed by atoms with van der Waals surface area (Å²) in [6.07, 6.45) is 5.43. The highest BCUT2D eigenvalue weighted by atomic mass is 16.5. The summed E-state index contributed by atoms with van der Waals surface area (Å²) in [7, 11) is 0. The number of carbonyl (C=O) groups is 1. The van der Waals surface area contributed by atoms with Crippen LogP contribution in [-0.4, -0.2) is 31.1 Å². The smallest absolute Gasteiger partial charge is 0.136 e. The number of Topliss-reactive ketones (excluding diaryl/α,β-unsaturated/α-hetero) is 1. The third kappa shape index (κ3) is 2.23. The Balaban J connectivity index is 1.58. The molecule has 0 radical (unpaired) electrons. The number of fused-ring (bicyclic) bond motifs is 2. The van der Waals surface area contributed by atoms with Crippen molar-refractivity contribution in [1.82, 2.24) is 5.32 Å². The Labute approximate surface area is 90.6 Å². The molecule has 2 aliphatic heterocycles. The minimum atomic E-state index is 0.325. The highest BCUT2D eigenvalue weighted by molar-refractivity contribution is 5.81. The third-order valence-corrected chi connectivity index (χ3v) is 3.89. The van der Waals surface area contributed by atoms with Gasteiger partial charge in [-0.2, -0.15) is 0 Å². The van der Waals surface area contributed by atoms with Gasteiger partial charge in [0.15, 0.2) is 0 Å².